The van der Waals surface area contributed by atoms with E-state index >= 15 is 0 Å². The van der Waals surface area contributed by atoms with Gasteiger partial charge >= 0.3 is 74.4 Å². The van der Waals surface area contributed by atoms with Crippen molar-refractivity contribution in [2.45, 2.75) is 0 Å². The van der Waals surface area contributed by atoms with Gasteiger partial charge in [-0.25, -0.2) is 0 Å². The van der Waals surface area contributed by atoms with Gasteiger partial charge in [0.05, 0.1) is 0 Å². The summed E-state index contributed by atoms with van der Waals surface area (Å²) in [5, 5.41) is 0. The summed E-state index contributed by atoms with van der Waals surface area (Å²) in [6.07, 6.45) is 0. The Kier molecular flexibility index (Phi) is 134. The van der Waals surface area contributed by atoms with Gasteiger partial charge in [0.25, 0.3) is 0 Å². The topological polar surface area (TPSA) is 0 Å². The van der Waals surface area contributed by atoms with E-state index in [-0.39, 0.29) is 107 Å². The molecule has 0 bridgehead atoms. The fraction of sp³-hybridized carbons (Fsp3) is 0. The van der Waals surface area contributed by atoms with Crippen LogP contribution in [0.1, 0.15) is 4.28 Å². The fourth-order valence-corrected chi connectivity index (χ4v) is 0. The Hall–Kier alpha value is 3.08. The summed E-state index contributed by atoms with van der Waals surface area (Å²) in [5.41, 5.74) is 0. The monoisotopic (exact) mass is 146 g/mol. The Labute approximate surface area is 108 Å². The summed E-state index contributed by atoms with van der Waals surface area (Å²) in [6.45, 7) is 0. The average Bonchev–Trinajstić information content (AvgIpc) is 1.00. The van der Waals surface area contributed by atoms with Gasteiger partial charge in [0.15, 0.2) is 17.4 Å². The molecular weight excluding hydrogens is 137 g/mol. The Morgan fingerprint density at radius 2 is 1.40 bits per heavy atom. The van der Waals surface area contributed by atoms with Crippen molar-refractivity contribution in [2.75, 3.05) is 0 Å². The molecule has 5 heteroatoms. The zero-order valence-corrected chi connectivity index (χ0v) is 9.62. The number of halogens is 1. The van der Waals surface area contributed by atoms with Crippen LogP contribution in [0, 0.1) is 0 Å². The normalized spacial score (nSPS) is 1.80. The van der Waals surface area contributed by atoms with E-state index in [0.29, 0.717) is 0 Å². The molecular formula is H9AlFKMgSi. The van der Waals surface area contributed by atoms with Gasteiger partial charge in [-0.3, -0.25) is 0 Å². The molecule has 0 atom stereocenters. The SMILES string of the molecule is F[SiH3].[AlH3].[H-].[H-].[H-].[K+].[Mg+2]. The average molecular weight is 147 g/mol. The zero-order valence-electron chi connectivity index (χ0n) is 6.09. The van der Waals surface area contributed by atoms with E-state index in [9.17, 15) is 4.11 Å². The van der Waals surface area contributed by atoms with Crippen molar-refractivity contribution in [2.24, 2.45) is 0 Å². The molecule has 0 aromatic carbocycles. The maximum atomic E-state index is 9.64. The summed E-state index contributed by atoms with van der Waals surface area (Å²) >= 11 is 0. The quantitative estimate of drug-likeness (QED) is 0.237. The van der Waals surface area contributed by atoms with Crippen LogP contribution in [-0.2, 0) is 0 Å². The third-order valence-electron chi connectivity index (χ3n) is 0. The second-order valence-electron chi connectivity index (χ2n) is 0. The molecule has 0 spiro atoms. The molecule has 0 N–H and O–H groups in total. The van der Waals surface area contributed by atoms with Crippen LogP contribution >= 0.6 is 0 Å². The van der Waals surface area contributed by atoms with Crippen molar-refractivity contribution >= 4 is 51.0 Å². The second kappa shape index (κ2) is 27.6. The minimum atomic E-state index is -0.194. The van der Waals surface area contributed by atoms with Crippen molar-refractivity contribution < 1.29 is 59.8 Å². The van der Waals surface area contributed by atoms with E-state index in [1.165, 1.54) is 0 Å². The van der Waals surface area contributed by atoms with Gasteiger partial charge in [0, 0.05) is 0 Å². The first kappa shape index (κ1) is 24.3. The van der Waals surface area contributed by atoms with Gasteiger partial charge in [-0.2, -0.15) is 0 Å². The van der Waals surface area contributed by atoms with Crippen molar-refractivity contribution in [3.8, 4) is 0 Å². The van der Waals surface area contributed by atoms with Crippen molar-refractivity contribution in [1.82, 2.24) is 0 Å². The molecule has 0 saturated heterocycles. The number of rotatable bonds is 0. The van der Waals surface area contributed by atoms with E-state index in [1.54, 1.807) is 0 Å². The van der Waals surface area contributed by atoms with E-state index in [2.05, 4.69) is 0 Å². The van der Waals surface area contributed by atoms with Crippen LogP contribution in [0.25, 0.3) is 0 Å². The molecule has 0 aliphatic carbocycles. The minimum absolute atomic E-state index is 0. The fourth-order valence-electron chi connectivity index (χ4n) is 0. The first-order valence-corrected chi connectivity index (χ1v) is 1.13. The molecule has 0 saturated carbocycles. The van der Waals surface area contributed by atoms with Gasteiger partial charge in [0.1, 0.15) is 0 Å². The molecule has 0 unspecified atom stereocenters. The van der Waals surface area contributed by atoms with Crippen LogP contribution < -0.4 is 51.4 Å². The zero-order chi connectivity index (χ0) is 2.00. The van der Waals surface area contributed by atoms with Gasteiger partial charge in [0.2, 0.25) is 10.6 Å². The van der Waals surface area contributed by atoms with Crippen molar-refractivity contribution in [3.05, 3.63) is 0 Å². The molecule has 0 heterocycles. The second-order valence-corrected chi connectivity index (χ2v) is 0. The molecule has 0 rings (SSSR count). The maximum Gasteiger partial charge on any atom is 2.00 e. The van der Waals surface area contributed by atoms with Crippen LogP contribution in [0.2, 0.25) is 0 Å². The molecule has 0 amide bonds. The number of hydrogen-bond donors (Lipinski definition) is 0. The standard InChI is InChI=1S/Al.FH3Si.K.Mg.6H/c;1-2;;;;;;;;/h;2H3;;;;;;;;/q;;+1;+2;;;;3*-1. The van der Waals surface area contributed by atoms with Crippen LogP contribution in [0.4, 0.5) is 4.11 Å². The molecule has 0 nitrogen and oxygen atoms in total. The van der Waals surface area contributed by atoms with Crippen molar-refractivity contribution in [3.63, 3.8) is 0 Å². The molecule has 26 valence electrons. The first-order valence-electron chi connectivity index (χ1n) is 0.378. The molecule has 0 aliphatic rings. The molecule has 5 heavy (non-hydrogen) atoms. The first-order chi connectivity index (χ1) is 1.00. The van der Waals surface area contributed by atoms with Crippen LogP contribution in [0.3, 0.4) is 0 Å². The number of hydrogen-bond acceptors (Lipinski definition) is 0. The summed E-state index contributed by atoms with van der Waals surface area (Å²) in [6, 6.07) is 0. The molecule has 0 aromatic heterocycles. The Balaban J connectivity index is -0.000000000333. The predicted molar refractivity (Wildman–Crippen MR) is 30.1 cm³/mol. The summed E-state index contributed by atoms with van der Waals surface area (Å²) in [4.78, 5) is 0. The van der Waals surface area contributed by atoms with E-state index in [4.69, 9.17) is 0 Å². The summed E-state index contributed by atoms with van der Waals surface area (Å²) < 4.78 is 9.64. The van der Waals surface area contributed by atoms with E-state index < -0.39 is 0 Å². The van der Waals surface area contributed by atoms with Crippen LogP contribution in [0.15, 0.2) is 0 Å². The van der Waals surface area contributed by atoms with Crippen LogP contribution in [0.5, 0.6) is 0 Å². The molecule has 0 fully saturated rings. The molecule has 0 aliphatic heterocycles. The largest absolute Gasteiger partial charge is 2.00 e. The summed E-state index contributed by atoms with van der Waals surface area (Å²) in [5.74, 6) is 0. The van der Waals surface area contributed by atoms with E-state index in [0.717, 1.165) is 0 Å². The van der Waals surface area contributed by atoms with Gasteiger partial charge in [-0.1, -0.05) is 0 Å². The predicted octanol–water partition coefficient (Wildman–Crippen LogP) is -4.99. The Morgan fingerprint density at radius 3 is 1.40 bits per heavy atom. The van der Waals surface area contributed by atoms with Crippen LogP contribution in [-0.4, -0.2) is 51.0 Å². The van der Waals surface area contributed by atoms with Gasteiger partial charge < -0.3 is 8.39 Å². The molecule has 0 aromatic rings. The molecule has 0 radical (unpaired) electrons. The Morgan fingerprint density at radius 1 is 1.40 bits per heavy atom. The third-order valence-corrected chi connectivity index (χ3v) is 0. The third kappa shape index (κ3) is 19.3. The summed E-state index contributed by atoms with van der Waals surface area (Å²) in [7, 11) is -0.194. The smallest absolute Gasteiger partial charge is 1.00 e. The maximum absolute atomic E-state index is 9.64. The van der Waals surface area contributed by atoms with Gasteiger partial charge in [-0.15, -0.1) is 0 Å². The Bertz CT molecular complexity index is 19.2. The van der Waals surface area contributed by atoms with Gasteiger partial charge in [-0.05, 0) is 0 Å². The minimum Gasteiger partial charge on any atom is -1.00 e. The van der Waals surface area contributed by atoms with Crippen molar-refractivity contribution in [1.29, 1.82) is 0 Å². The van der Waals surface area contributed by atoms with E-state index in [1.807, 2.05) is 0 Å².